The zero-order valence-electron chi connectivity index (χ0n) is 15.8. The number of rotatable bonds is 8. The van der Waals surface area contributed by atoms with Gasteiger partial charge in [0.1, 0.15) is 0 Å². The number of aryl methyl sites for hydroxylation is 1. The molecule has 1 aromatic heterocycles. The Kier molecular flexibility index (Phi) is 7.21. The maximum absolute atomic E-state index is 11.0. The number of nitrogens with zero attached hydrogens (tertiary/aromatic N) is 1. The van der Waals surface area contributed by atoms with Gasteiger partial charge in [-0.3, -0.25) is 4.79 Å². The van der Waals surface area contributed by atoms with Gasteiger partial charge in [0.2, 0.25) is 11.8 Å². The smallest absolute Gasteiger partial charge is 0.219 e. The lowest BCUT2D eigenvalue weighted by molar-refractivity contribution is -0.119. The van der Waals surface area contributed by atoms with E-state index in [1.807, 2.05) is 49.4 Å². The van der Waals surface area contributed by atoms with Crippen molar-refractivity contribution in [2.45, 2.75) is 39.7 Å². The quantitative estimate of drug-likeness (QED) is 0.764. The number of carbonyl (C=O) groups excluding carboxylic acids is 1. The molecule has 2 rings (SSSR count). The summed E-state index contributed by atoms with van der Waals surface area (Å²) in [6, 6.07) is 9.64. The third-order valence-electron chi connectivity index (χ3n) is 3.75. The third kappa shape index (κ3) is 5.92. The van der Waals surface area contributed by atoms with Crippen molar-refractivity contribution in [3.05, 3.63) is 53.7 Å². The van der Waals surface area contributed by atoms with Gasteiger partial charge in [0.15, 0.2) is 11.5 Å². The number of carbonyl (C=O) groups is 1. The van der Waals surface area contributed by atoms with Gasteiger partial charge in [0, 0.05) is 25.2 Å². The zero-order chi connectivity index (χ0) is 18.9. The highest BCUT2D eigenvalue weighted by molar-refractivity contribution is 5.73. The van der Waals surface area contributed by atoms with Gasteiger partial charge in [0.05, 0.1) is 7.11 Å². The highest BCUT2D eigenvalue weighted by atomic mass is 16.5. The normalized spacial score (nSPS) is 12.0. The Hall–Kier alpha value is -2.82. The van der Waals surface area contributed by atoms with E-state index in [4.69, 9.17) is 9.47 Å². The maximum atomic E-state index is 11.0. The van der Waals surface area contributed by atoms with Crippen molar-refractivity contribution >= 4 is 12.0 Å². The van der Waals surface area contributed by atoms with E-state index in [2.05, 4.69) is 17.2 Å². The highest BCUT2D eigenvalue weighted by Crippen LogP contribution is 2.32. The van der Waals surface area contributed by atoms with Gasteiger partial charge >= 0.3 is 0 Å². The molecule has 1 aromatic carbocycles. The number of nitrogens with one attached hydrogen (secondary N) is 1. The summed E-state index contributed by atoms with van der Waals surface area (Å²) in [4.78, 5) is 15.3. The summed E-state index contributed by atoms with van der Waals surface area (Å²) in [5.74, 6) is 1.79. The zero-order valence-corrected chi connectivity index (χ0v) is 15.8. The number of benzene rings is 1. The molecule has 5 nitrogen and oxygen atoms in total. The summed E-state index contributed by atoms with van der Waals surface area (Å²) in [5, 5.41) is 2.80. The topological polar surface area (TPSA) is 60.5 Å². The van der Waals surface area contributed by atoms with E-state index < -0.39 is 0 Å². The first-order valence-corrected chi connectivity index (χ1v) is 8.78. The fourth-order valence-electron chi connectivity index (χ4n) is 2.53. The number of pyridine rings is 1. The average Bonchev–Trinajstić information content (AvgIpc) is 2.62. The Morgan fingerprint density at radius 3 is 2.69 bits per heavy atom. The molecule has 0 aliphatic carbocycles. The summed E-state index contributed by atoms with van der Waals surface area (Å²) in [5.41, 5.74) is 2.15. The van der Waals surface area contributed by atoms with Gasteiger partial charge in [-0.25, -0.2) is 4.98 Å². The lowest BCUT2D eigenvalue weighted by Crippen LogP contribution is -2.28. The highest BCUT2D eigenvalue weighted by Gasteiger charge is 2.08. The van der Waals surface area contributed by atoms with Crippen molar-refractivity contribution in [2.75, 3.05) is 7.11 Å². The fourth-order valence-corrected chi connectivity index (χ4v) is 2.53. The molecular formula is C21H26N2O3. The van der Waals surface area contributed by atoms with Crippen molar-refractivity contribution in [1.29, 1.82) is 0 Å². The molecule has 5 heteroatoms. The lowest BCUT2D eigenvalue weighted by Gasteiger charge is -2.11. The monoisotopic (exact) mass is 354 g/mol. The van der Waals surface area contributed by atoms with E-state index in [9.17, 15) is 4.79 Å². The number of hydrogen-bond acceptors (Lipinski definition) is 4. The Bertz CT molecular complexity index is 754. The molecule has 1 atom stereocenters. The molecule has 26 heavy (non-hydrogen) atoms. The van der Waals surface area contributed by atoms with Crippen LogP contribution in [-0.4, -0.2) is 24.0 Å². The van der Waals surface area contributed by atoms with Crippen LogP contribution in [0.4, 0.5) is 0 Å². The number of ether oxygens (including phenoxy) is 2. The molecule has 138 valence electrons. The van der Waals surface area contributed by atoms with Crippen LogP contribution in [0.25, 0.3) is 6.08 Å². The molecule has 0 saturated heterocycles. The van der Waals surface area contributed by atoms with Gasteiger partial charge in [0.25, 0.3) is 0 Å². The molecule has 0 bridgehead atoms. The molecule has 0 spiro atoms. The van der Waals surface area contributed by atoms with Crippen LogP contribution in [0.2, 0.25) is 0 Å². The van der Waals surface area contributed by atoms with Crippen molar-refractivity contribution in [3.63, 3.8) is 0 Å². The lowest BCUT2D eigenvalue weighted by atomic mass is 10.1. The Morgan fingerprint density at radius 1 is 1.27 bits per heavy atom. The van der Waals surface area contributed by atoms with E-state index in [0.717, 1.165) is 18.4 Å². The molecule has 1 heterocycles. The molecular weight excluding hydrogens is 328 g/mol. The molecule has 0 aliphatic heterocycles. The van der Waals surface area contributed by atoms with Gasteiger partial charge in [-0.2, -0.15) is 0 Å². The van der Waals surface area contributed by atoms with E-state index >= 15 is 0 Å². The van der Waals surface area contributed by atoms with E-state index in [1.54, 1.807) is 13.3 Å². The minimum atomic E-state index is -0.0528. The first-order valence-electron chi connectivity index (χ1n) is 8.78. The molecule has 1 N–H and O–H groups in total. The SMILES string of the molecule is CCCc1ccc(Oc2ccc(/C=C/[C@H](C)NC(C)=O)cn2)c(OC)c1. The van der Waals surface area contributed by atoms with Gasteiger partial charge in [-0.15, -0.1) is 0 Å². The van der Waals surface area contributed by atoms with Gasteiger partial charge in [-0.05, 0) is 42.7 Å². The molecule has 1 amide bonds. The van der Waals surface area contributed by atoms with Crippen LogP contribution in [0, 0.1) is 0 Å². The summed E-state index contributed by atoms with van der Waals surface area (Å²) >= 11 is 0. The minimum absolute atomic E-state index is 0.0330. The molecule has 0 aliphatic rings. The first-order chi connectivity index (χ1) is 12.5. The Balaban J connectivity index is 2.05. The van der Waals surface area contributed by atoms with Crippen LogP contribution in [0.15, 0.2) is 42.6 Å². The average molecular weight is 354 g/mol. The second-order valence-corrected chi connectivity index (χ2v) is 6.12. The molecule has 0 saturated carbocycles. The second-order valence-electron chi connectivity index (χ2n) is 6.12. The second kappa shape index (κ2) is 9.61. The summed E-state index contributed by atoms with van der Waals surface area (Å²) in [6.45, 7) is 5.56. The van der Waals surface area contributed by atoms with Crippen molar-refractivity contribution < 1.29 is 14.3 Å². The number of aromatic nitrogens is 1. The van der Waals surface area contributed by atoms with Crippen LogP contribution in [0.5, 0.6) is 17.4 Å². The molecule has 0 fully saturated rings. The molecule has 2 aromatic rings. The number of amides is 1. The minimum Gasteiger partial charge on any atom is -0.493 e. The van der Waals surface area contributed by atoms with Crippen LogP contribution in [-0.2, 0) is 11.2 Å². The predicted octanol–water partition coefficient (Wildman–Crippen LogP) is 4.37. The van der Waals surface area contributed by atoms with Crippen LogP contribution >= 0.6 is 0 Å². The van der Waals surface area contributed by atoms with Gasteiger partial charge in [-0.1, -0.05) is 31.6 Å². The van der Waals surface area contributed by atoms with Gasteiger partial charge < -0.3 is 14.8 Å². The summed E-state index contributed by atoms with van der Waals surface area (Å²) in [7, 11) is 1.63. The van der Waals surface area contributed by atoms with Crippen molar-refractivity contribution in [2.24, 2.45) is 0 Å². The summed E-state index contributed by atoms with van der Waals surface area (Å²) < 4.78 is 11.3. The molecule has 0 unspecified atom stereocenters. The Morgan fingerprint density at radius 2 is 2.08 bits per heavy atom. The Labute approximate surface area is 155 Å². The van der Waals surface area contributed by atoms with Crippen molar-refractivity contribution in [3.8, 4) is 17.4 Å². The number of methoxy groups -OCH3 is 1. The van der Waals surface area contributed by atoms with E-state index in [1.165, 1.54) is 12.5 Å². The molecule has 0 radical (unpaired) electrons. The standard InChI is InChI=1S/C21H26N2O3/c1-5-6-17-9-11-19(20(13-17)25-4)26-21-12-10-18(14-22-21)8-7-15(2)23-16(3)24/h7-15H,5-6H2,1-4H3,(H,23,24)/b8-7+/t15-/m0/s1. The predicted molar refractivity (Wildman–Crippen MR) is 104 cm³/mol. The fraction of sp³-hybridized carbons (Fsp3) is 0.333. The summed E-state index contributed by atoms with van der Waals surface area (Å²) in [6.07, 6.45) is 7.64. The largest absolute Gasteiger partial charge is 0.493 e. The van der Waals surface area contributed by atoms with Crippen LogP contribution in [0.1, 0.15) is 38.3 Å². The first kappa shape index (κ1) is 19.5. The van der Waals surface area contributed by atoms with Crippen molar-refractivity contribution in [1.82, 2.24) is 10.3 Å². The number of hydrogen-bond donors (Lipinski definition) is 1. The third-order valence-corrected chi connectivity index (χ3v) is 3.75. The van der Waals surface area contributed by atoms with E-state index in [0.29, 0.717) is 17.4 Å². The van der Waals surface area contributed by atoms with Crippen LogP contribution in [0.3, 0.4) is 0 Å². The van der Waals surface area contributed by atoms with Crippen LogP contribution < -0.4 is 14.8 Å². The maximum Gasteiger partial charge on any atom is 0.219 e. The van der Waals surface area contributed by atoms with E-state index in [-0.39, 0.29) is 11.9 Å².